The number of ether oxygens (including phenoxy) is 1. The van der Waals surface area contributed by atoms with Crippen LogP contribution in [-0.4, -0.2) is 62.7 Å². The van der Waals surface area contributed by atoms with E-state index in [2.05, 4.69) is 24.5 Å². The molecule has 1 saturated carbocycles. The van der Waals surface area contributed by atoms with Crippen LogP contribution in [-0.2, 0) is 9.53 Å². The van der Waals surface area contributed by atoms with Crippen LogP contribution in [0.5, 0.6) is 0 Å². The van der Waals surface area contributed by atoms with Crippen LogP contribution in [0.3, 0.4) is 0 Å². The monoisotopic (exact) mass is 394 g/mol. The van der Waals surface area contributed by atoms with E-state index in [9.17, 15) is 4.79 Å². The fraction of sp³-hybridized carbons (Fsp3) is 0.909. The lowest BCUT2D eigenvalue weighted by molar-refractivity contribution is -0.130. The molecule has 1 saturated heterocycles. The predicted octanol–water partition coefficient (Wildman–Crippen LogP) is 3.32. The van der Waals surface area contributed by atoms with Crippen LogP contribution in [0.1, 0.15) is 78.1 Å². The summed E-state index contributed by atoms with van der Waals surface area (Å²) < 4.78 is 5.62. The standard InChI is InChI=1S/C22H42N4O2/c1-3-23-21(24-15-10-17-26-16-9-5-6-11-20(26)27)25-19-22(12-7-8-13-22)14-18-28-4-2/h3-19H2,1-2H3,(H2,23,24,25). The summed E-state index contributed by atoms with van der Waals surface area (Å²) in [5.74, 6) is 1.24. The van der Waals surface area contributed by atoms with Crippen molar-refractivity contribution in [3.05, 3.63) is 0 Å². The molecule has 0 radical (unpaired) electrons. The maximum absolute atomic E-state index is 12.1. The zero-order chi connectivity index (χ0) is 20.1. The van der Waals surface area contributed by atoms with E-state index in [1.165, 1.54) is 32.1 Å². The van der Waals surface area contributed by atoms with Crippen LogP contribution in [0.2, 0.25) is 0 Å². The first-order valence-electron chi connectivity index (χ1n) is 11.6. The van der Waals surface area contributed by atoms with Crippen molar-refractivity contribution in [2.24, 2.45) is 10.4 Å². The lowest BCUT2D eigenvalue weighted by Crippen LogP contribution is -2.40. The number of likely N-dealkylation sites (tertiary alicyclic amines) is 1. The van der Waals surface area contributed by atoms with Gasteiger partial charge in [0.05, 0.1) is 0 Å². The molecular formula is C22H42N4O2. The lowest BCUT2D eigenvalue weighted by atomic mass is 9.83. The van der Waals surface area contributed by atoms with Gasteiger partial charge in [0.15, 0.2) is 5.96 Å². The van der Waals surface area contributed by atoms with Gasteiger partial charge in [-0.25, -0.2) is 0 Å². The average molecular weight is 395 g/mol. The second-order valence-corrected chi connectivity index (χ2v) is 8.32. The Bertz CT molecular complexity index is 475. The van der Waals surface area contributed by atoms with Crippen LogP contribution in [0, 0.1) is 5.41 Å². The first kappa shape index (κ1) is 23.0. The van der Waals surface area contributed by atoms with Gasteiger partial charge in [-0.15, -0.1) is 0 Å². The molecule has 0 bridgehead atoms. The van der Waals surface area contributed by atoms with E-state index in [4.69, 9.17) is 9.73 Å². The number of guanidine groups is 1. The molecular weight excluding hydrogens is 352 g/mol. The number of aliphatic imine (C=N–C) groups is 1. The zero-order valence-corrected chi connectivity index (χ0v) is 18.2. The Kier molecular flexibility index (Phi) is 10.7. The Labute approximate surface area is 171 Å². The predicted molar refractivity (Wildman–Crippen MR) is 116 cm³/mol. The van der Waals surface area contributed by atoms with E-state index < -0.39 is 0 Å². The van der Waals surface area contributed by atoms with E-state index >= 15 is 0 Å². The van der Waals surface area contributed by atoms with Crippen LogP contribution in [0.4, 0.5) is 0 Å². The molecule has 1 amide bonds. The van der Waals surface area contributed by atoms with Crippen LogP contribution in [0.15, 0.2) is 4.99 Å². The minimum atomic E-state index is 0.315. The molecule has 1 heterocycles. The molecule has 0 spiro atoms. The number of nitrogens with zero attached hydrogens (tertiary/aromatic N) is 2. The van der Waals surface area contributed by atoms with Crippen molar-refractivity contribution in [1.82, 2.24) is 15.5 Å². The molecule has 2 aliphatic rings. The third-order valence-electron chi connectivity index (χ3n) is 6.13. The molecule has 2 N–H and O–H groups in total. The molecule has 28 heavy (non-hydrogen) atoms. The summed E-state index contributed by atoms with van der Waals surface area (Å²) in [6.45, 7) is 10.2. The van der Waals surface area contributed by atoms with E-state index in [1.807, 2.05) is 4.90 Å². The maximum atomic E-state index is 12.1. The van der Waals surface area contributed by atoms with Gasteiger partial charge >= 0.3 is 0 Å². The molecule has 0 aromatic carbocycles. The van der Waals surface area contributed by atoms with Gasteiger partial charge in [-0.05, 0) is 57.8 Å². The molecule has 162 valence electrons. The smallest absolute Gasteiger partial charge is 0.222 e. The third kappa shape index (κ3) is 7.98. The Morgan fingerprint density at radius 3 is 2.71 bits per heavy atom. The SMILES string of the molecule is CCNC(=NCC1(CCOCC)CCCC1)NCCCN1CCCCCC1=O. The molecule has 0 atom stereocenters. The van der Waals surface area contributed by atoms with Gasteiger partial charge in [0.25, 0.3) is 0 Å². The normalized spacial score (nSPS) is 20.3. The highest BCUT2D eigenvalue weighted by molar-refractivity contribution is 5.79. The summed E-state index contributed by atoms with van der Waals surface area (Å²) in [5.41, 5.74) is 0.315. The molecule has 2 rings (SSSR count). The summed E-state index contributed by atoms with van der Waals surface area (Å²) in [5, 5.41) is 6.84. The van der Waals surface area contributed by atoms with E-state index in [1.54, 1.807) is 0 Å². The molecule has 0 unspecified atom stereocenters. The topological polar surface area (TPSA) is 66.0 Å². The Hall–Kier alpha value is -1.30. The number of hydrogen-bond acceptors (Lipinski definition) is 3. The minimum Gasteiger partial charge on any atom is -0.382 e. The van der Waals surface area contributed by atoms with Gasteiger partial charge < -0.3 is 20.3 Å². The highest BCUT2D eigenvalue weighted by Gasteiger charge is 2.33. The first-order chi connectivity index (χ1) is 13.7. The summed E-state index contributed by atoms with van der Waals surface area (Å²) in [4.78, 5) is 19.1. The molecule has 6 nitrogen and oxygen atoms in total. The van der Waals surface area contributed by atoms with Crippen molar-refractivity contribution in [2.75, 3.05) is 45.9 Å². The van der Waals surface area contributed by atoms with Gasteiger partial charge in [-0.3, -0.25) is 9.79 Å². The van der Waals surface area contributed by atoms with Gasteiger partial charge in [-0.1, -0.05) is 19.3 Å². The third-order valence-corrected chi connectivity index (χ3v) is 6.13. The van der Waals surface area contributed by atoms with Crippen molar-refractivity contribution >= 4 is 11.9 Å². The van der Waals surface area contributed by atoms with Gasteiger partial charge in [0.2, 0.25) is 5.91 Å². The largest absolute Gasteiger partial charge is 0.382 e. The highest BCUT2D eigenvalue weighted by atomic mass is 16.5. The van der Waals surface area contributed by atoms with Crippen LogP contribution in [0.25, 0.3) is 0 Å². The lowest BCUT2D eigenvalue weighted by Gasteiger charge is -2.27. The van der Waals surface area contributed by atoms with Crippen molar-refractivity contribution in [1.29, 1.82) is 0 Å². The number of nitrogens with one attached hydrogen (secondary N) is 2. The molecule has 1 aliphatic heterocycles. The summed E-state index contributed by atoms with van der Waals surface area (Å²) in [6.07, 6.45) is 11.3. The number of carbonyl (C=O) groups excluding carboxylic acids is 1. The Balaban J connectivity index is 1.78. The number of rotatable bonds is 11. The van der Waals surface area contributed by atoms with Crippen LogP contribution < -0.4 is 10.6 Å². The van der Waals surface area contributed by atoms with Crippen molar-refractivity contribution in [3.63, 3.8) is 0 Å². The second kappa shape index (κ2) is 13.0. The highest BCUT2D eigenvalue weighted by Crippen LogP contribution is 2.41. The van der Waals surface area contributed by atoms with E-state index in [-0.39, 0.29) is 0 Å². The van der Waals surface area contributed by atoms with E-state index in [0.29, 0.717) is 11.3 Å². The first-order valence-corrected chi connectivity index (χ1v) is 11.6. The van der Waals surface area contributed by atoms with Crippen molar-refractivity contribution in [3.8, 4) is 0 Å². The number of amides is 1. The van der Waals surface area contributed by atoms with E-state index in [0.717, 1.165) is 84.0 Å². The zero-order valence-electron chi connectivity index (χ0n) is 18.2. The van der Waals surface area contributed by atoms with Gasteiger partial charge in [0, 0.05) is 52.4 Å². The van der Waals surface area contributed by atoms with Gasteiger partial charge in [0.1, 0.15) is 0 Å². The number of carbonyl (C=O) groups is 1. The molecule has 2 fully saturated rings. The fourth-order valence-electron chi connectivity index (χ4n) is 4.39. The number of hydrogen-bond donors (Lipinski definition) is 2. The molecule has 1 aliphatic carbocycles. The van der Waals surface area contributed by atoms with Gasteiger partial charge in [-0.2, -0.15) is 0 Å². The molecule has 0 aromatic heterocycles. The average Bonchev–Trinajstić information content (AvgIpc) is 3.06. The summed E-state index contributed by atoms with van der Waals surface area (Å²) >= 11 is 0. The fourth-order valence-corrected chi connectivity index (χ4v) is 4.39. The van der Waals surface area contributed by atoms with Crippen molar-refractivity contribution < 1.29 is 9.53 Å². The van der Waals surface area contributed by atoms with Crippen molar-refractivity contribution in [2.45, 2.75) is 78.1 Å². The quantitative estimate of drug-likeness (QED) is 0.320. The summed E-state index contributed by atoms with van der Waals surface area (Å²) in [6, 6.07) is 0. The molecule has 0 aromatic rings. The second-order valence-electron chi connectivity index (χ2n) is 8.32. The minimum absolute atomic E-state index is 0.315. The Morgan fingerprint density at radius 2 is 1.96 bits per heavy atom. The summed E-state index contributed by atoms with van der Waals surface area (Å²) in [7, 11) is 0. The Morgan fingerprint density at radius 1 is 1.14 bits per heavy atom. The molecule has 6 heteroatoms. The maximum Gasteiger partial charge on any atom is 0.222 e. The van der Waals surface area contributed by atoms with Crippen LogP contribution >= 0.6 is 0 Å².